The lowest BCUT2D eigenvalue weighted by molar-refractivity contribution is 0.0520. The predicted molar refractivity (Wildman–Crippen MR) is 66.5 cm³/mol. The highest BCUT2D eigenvalue weighted by atomic mass is 16.5. The Balaban J connectivity index is 2.39. The molecule has 18 heavy (non-hydrogen) atoms. The highest BCUT2D eigenvalue weighted by Gasteiger charge is 2.19. The van der Waals surface area contributed by atoms with Gasteiger partial charge in [-0.25, -0.2) is 4.79 Å². The number of carbonyl (C=O) groups is 1. The summed E-state index contributed by atoms with van der Waals surface area (Å²) in [5.41, 5.74) is 7.72. The quantitative estimate of drug-likeness (QED) is 0.826. The molecule has 0 unspecified atom stereocenters. The Bertz CT molecular complexity index is 577. The molecule has 6 nitrogen and oxygen atoms in total. The van der Waals surface area contributed by atoms with Gasteiger partial charge in [-0.3, -0.25) is 0 Å². The molecule has 0 atom stereocenters. The first-order valence-corrected chi connectivity index (χ1v) is 5.58. The smallest absolute Gasteiger partial charge is 0.362 e. The van der Waals surface area contributed by atoms with Gasteiger partial charge in [-0.05, 0) is 31.5 Å². The van der Waals surface area contributed by atoms with Crippen molar-refractivity contribution >= 4 is 11.8 Å². The molecule has 0 aliphatic carbocycles. The molecular weight excluding hydrogens is 232 g/mol. The van der Waals surface area contributed by atoms with Gasteiger partial charge < -0.3 is 10.5 Å². The number of hydrogen-bond acceptors (Lipinski definition) is 5. The van der Waals surface area contributed by atoms with Crippen LogP contribution in [-0.2, 0) is 4.74 Å². The summed E-state index contributed by atoms with van der Waals surface area (Å²) in [4.78, 5) is 11.6. The number of esters is 1. The van der Waals surface area contributed by atoms with Crippen molar-refractivity contribution in [1.29, 1.82) is 0 Å². The van der Waals surface area contributed by atoms with Crippen LogP contribution in [0.2, 0.25) is 0 Å². The van der Waals surface area contributed by atoms with Gasteiger partial charge in [0.15, 0.2) is 5.82 Å². The SMILES string of the molecule is CCOC(=O)c1nnn(-c2cccc(C)c2)c1N. The summed E-state index contributed by atoms with van der Waals surface area (Å²) in [6, 6.07) is 7.59. The van der Waals surface area contributed by atoms with Crippen LogP contribution in [0.4, 0.5) is 5.82 Å². The number of benzene rings is 1. The standard InChI is InChI=1S/C12H14N4O2/c1-3-18-12(17)10-11(13)16(15-14-10)9-6-4-5-8(2)7-9/h4-7H,3,13H2,1-2H3. The summed E-state index contributed by atoms with van der Waals surface area (Å²) in [7, 11) is 0. The largest absolute Gasteiger partial charge is 0.461 e. The Labute approximate surface area is 104 Å². The van der Waals surface area contributed by atoms with E-state index >= 15 is 0 Å². The van der Waals surface area contributed by atoms with E-state index in [0.29, 0.717) is 0 Å². The Morgan fingerprint density at radius 2 is 2.28 bits per heavy atom. The second-order valence-electron chi connectivity index (χ2n) is 3.79. The second-order valence-corrected chi connectivity index (χ2v) is 3.79. The van der Waals surface area contributed by atoms with E-state index in [4.69, 9.17) is 10.5 Å². The lowest BCUT2D eigenvalue weighted by atomic mass is 10.2. The van der Waals surface area contributed by atoms with Gasteiger partial charge in [0.05, 0.1) is 12.3 Å². The zero-order valence-corrected chi connectivity index (χ0v) is 10.3. The van der Waals surface area contributed by atoms with Gasteiger partial charge >= 0.3 is 5.97 Å². The first-order chi connectivity index (χ1) is 8.63. The summed E-state index contributed by atoms with van der Waals surface area (Å²) in [6.45, 7) is 3.96. The molecule has 0 radical (unpaired) electrons. The Hall–Kier alpha value is -2.37. The van der Waals surface area contributed by atoms with Crippen LogP contribution in [0.3, 0.4) is 0 Å². The van der Waals surface area contributed by atoms with Crippen molar-refractivity contribution in [2.75, 3.05) is 12.3 Å². The summed E-state index contributed by atoms with van der Waals surface area (Å²) >= 11 is 0. The number of hydrogen-bond donors (Lipinski definition) is 1. The van der Waals surface area contributed by atoms with Crippen molar-refractivity contribution in [3.63, 3.8) is 0 Å². The number of carbonyl (C=O) groups excluding carboxylic acids is 1. The fourth-order valence-electron chi connectivity index (χ4n) is 1.58. The average molecular weight is 246 g/mol. The van der Waals surface area contributed by atoms with E-state index in [2.05, 4.69) is 10.3 Å². The number of rotatable bonds is 3. The zero-order chi connectivity index (χ0) is 13.1. The van der Waals surface area contributed by atoms with Gasteiger partial charge in [0, 0.05) is 0 Å². The highest BCUT2D eigenvalue weighted by molar-refractivity contribution is 5.92. The van der Waals surface area contributed by atoms with Crippen LogP contribution < -0.4 is 5.73 Å². The summed E-state index contributed by atoms with van der Waals surface area (Å²) in [6.07, 6.45) is 0. The number of nitrogens with two attached hydrogens (primary N) is 1. The van der Waals surface area contributed by atoms with Crippen molar-refractivity contribution in [2.45, 2.75) is 13.8 Å². The van der Waals surface area contributed by atoms with Crippen LogP contribution in [0.5, 0.6) is 0 Å². The van der Waals surface area contributed by atoms with Crippen LogP contribution >= 0.6 is 0 Å². The van der Waals surface area contributed by atoms with E-state index in [1.807, 2.05) is 31.2 Å². The number of aromatic nitrogens is 3. The highest BCUT2D eigenvalue weighted by Crippen LogP contribution is 2.16. The van der Waals surface area contributed by atoms with Gasteiger partial charge in [-0.15, -0.1) is 5.10 Å². The van der Waals surface area contributed by atoms with E-state index in [-0.39, 0.29) is 18.1 Å². The van der Waals surface area contributed by atoms with Gasteiger partial charge in [0.2, 0.25) is 5.69 Å². The predicted octanol–water partition coefficient (Wildman–Crippen LogP) is 1.33. The molecular formula is C12H14N4O2. The molecule has 1 heterocycles. The number of nitrogen functional groups attached to an aromatic ring is 1. The summed E-state index contributed by atoms with van der Waals surface area (Å²) in [5, 5.41) is 7.62. The van der Waals surface area contributed by atoms with Crippen LogP contribution in [0.25, 0.3) is 5.69 Å². The average Bonchev–Trinajstić information content (AvgIpc) is 2.71. The van der Waals surface area contributed by atoms with E-state index in [1.54, 1.807) is 6.92 Å². The molecule has 0 bridgehead atoms. The van der Waals surface area contributed by atoms with Crippen LogP contribution in [0, 0.1) is 6.92 Å². The molecule has 0 amide bonds. The molecule has 0 aliphatic rings. The topological polar surface area (TPSA) is 83.0 Å². The third-order valence-electron chi connectivity index (χ3n) is 2.42. The van der Waals surface area contributed by atoms with Crippen LogP contribution in [0.1, 0.15) is 23.0 Å². The van der Waals surface area contributed by atoms with Crippen LogP contribution in [0.15, 0.2) is 24.3 Å². The van der Waals surface area contributed by atoms with E-state index in [9.17, 15) is 4.79 Å². The van der Waals surface area contributed by atoms with E-state index in [1.165, 1.54) is 4.68 Å². The molecule has 1 aromatic carbocycles. The molecule has 0 saturated heterocycles. The molecule has 2 N–H and O–H groups in total. The molecule has 1 aromatic heterocycles. The zero-order valence-electron chi connectivity index (χ0n) is 10.3. The fourth-order valence-corrected chi connectivity index (χ4v) is 1.58. The van der Waals surface area contributed by atoms with Gasteiger partial charge in [-0.1, -0.05) is 17.3 Å². The molecule has 6 heteroatoms. The normalized spacial score (nSPS) is 10.3. The lowest BCUT2D eigenvalue weighted by Gasteiger charge is -2.04. The Morgan fingerprint density at radius 3 is 2.94 bits per heavy atom. The molecule has 0 fully saturated rings. The van der Waals surface area contributed by atoms with Crippen molar-refractivity contribution in [3.05, 3.63) is 35.5 Å². The molecule has 2 aromatic rings. The van der Waals surface area contributed by atoms with Gasteiger partial charge in [0.25, 0.3) is 0 Å². The Morgan fingerprint density at radius 1 is 1.50 bits per heavy atom. The third kappa shape index (κ3) is 2.17. The molecule has 94 valence electrons. The van der Waals surface area contributed by atoms with E-state index in [0.717, 1.165) is 11.3 Å². The summed E-state index contributed by atoms with van der Waals surface area (Å²) in [5.74, 6) is -0.382. The van der Waals surface area contributed by atoms with Gasteiger partial charge in [0.1, 0.15) is 0 Å². The number of ether oxygens (including phenoxy) is 1. The van der Waals surface area contributed by atoms with Crippen molar-refractivity contribution in [2.24, 2.45) is 0 Å². The summed E-state index contributed by atoms with van der Waals surface area (Å²) < 4.78 is 6.26. The molecule has 0 saturated carbocycles. The lowest BCUT2D eigenvalue weighted by Crippen LogP contribution is -2.09. The van der Waals surface area contributed by atoms with Gasteiger partial charge in [-0.2, -0.15) is 4.68 Å². The van der Waals surface area contributed by atoms with Crippen molar-refractivity contribution < 1.29 is 9.53 Å². The minimum Gasteiger partial charge on any atom is -0.461 e. The maximum Gasteiger partial charge on any atom is 0.362 e. The minimum atomic E-state index is -0.561. The monoisotopic (exact) mass is 246 g/mol. The molecule has 0 spiro atoms. The minimum absolute atomic E-state index is 0.0401. The maximum absolute atomic E-state index is 11.6. The second kappa shape index (κ2) is 4.87. The van der Waals surface area contributed by atoms with E-state index < -0.39 is 5.97 Å². The third-order valence-corrected chi connectivity index (χ3v) is 2.42. The maximum atomic E-state index is 11.6. The van der Waals surface area contributed by atoms with Crippen LogP contribution in [-0.4, -0.2) is 27.6 Å². The Kier molecular flexibility index (Phi) is 3.27. The first-order valence-electron chi connectivity index (χ1n) is 5.58. The number of aryl methyl sites for hydroxylation is 1. The number of anilines is 1. The molecule has 2 rings (SSSR count). The fraction of sp³-hybridized carbons (Fsp3) is 0.250. The first kappa shape index (κ1) is 12.1. The van der Waals surface area contributed by atoms with Crippen molar-refractivity contribution in [1.82, 2.24) is 15.0 Å². The molecule has 0 aliphatic heterocycles. The van der Waals surface area contributed by atoms with Crippen molar-refractivity contribution in [3.8, 4) is 5.69 Å². The number of nitrogens with zero attached hydrogens (tertiary/aromatic N) is 3.